The number of aryl methyl sites for hydroxylation is 1. The summed E-state index contributed by atoms with van der Waals surface area (Å²) >= 11 is 0. The van der Waals surface area contributed by atoms with Crippen molar-refractivity contribution in [2.45, 2.75) is 52.1 Å². The van der Waals surface area contributed by atoms with Gasteiger partial charge in [-0.15, -0.1) is 0 Å². The molecule has 1 aliphatic heterocycles. The Morgan fingerprint density at radius 2 is 1.83 bits per heavy atom. The maximum Gasteiger partial charge on any atom is 0.315 e. The summed E-state index contributed by atoms with van der Waals surface area (Å²) in [6, 6.07) is 7.66. The zero-order chi connectivity index (χ0) is 17.0. The van der Waals surface area contributed by atoms with Crippen molar-refractivity contribution in [1.29, 1.82) is 0 Å². The van der Waals surface area contributed by atoms with Gasteiger partial charge in [-0.05, 0) is 52.7 Å². The van der Waals surface area contributed by atoms with Crippen molar-refractivity contribution in [3.8, 4) is 0 Å². The third-order valence-electron chi connectivity index (χ3n) is 3.87. The van der Waals surface area contributed by atoms with Gasteiger partial charge in [0.1, 0.15) is 0 Å². The fourth-order valence-electron chi connectivity index (χ4n) is 2.75. The van der Waals surface area contributed by atoms with E-state index in [-0.39, 0.29) is 23.5 Å². The van der Waals surface area contributed by atoms with E-state index in [1.165, 1.54) is 0 Å². The molecule has 0 aromatic heterocycles. The molecule has 0 radical (unpaired) electrons. The molecule has 0 unspecified atom stereocenters. The Hall–Kier alpha value is -2.04. The highest BCUT2D eigenvalue weighted by Gasteiger charge is 2.25. The molecule has 0 aliphatic carbocycles. The molecule has 0 bridgehead atoms. The van der Waals surface area contributed by atoms with Gasteiger partial charge >= 0.3 is 6.03 Å². The van der Waals surface area contributed by atoms with E-state index in [1.807, 2.05) is 56.9 Å². The summed E-state index contributed by atoms with van der Waals surface area (Å²) in [6.45, 7) is 9.20. The molecule has 5 nitrogen and oxygen atoms in total. The van der Waals surface area contributed by atoms with Gasteiger partial charge in [0.15, 0.2) is 0 Å². The molecule has 1 saturated heterocycles. The lowest BCUT2D eigenvalue weighted by atomic mass is 10.0. The number of carbonyl (C=O) groups excluding carboxylic acids is 2. The van der Waals surface area contributed by atoms with Crippen LogP contribution in [0, 0.1) is 6.92 Å². The smallest absolute Gasteiger partial charge is 0.315 e. The van der Waals surface area contributed by atoms with Crippen LogP contribution in [0.15, 0.2) is 24.3 Å². The monoisotopic (exact) mass is 317 g/mol. The third kappa shape index (κ3) is 5.27. The summed E-state index contributed by atoms with van der Waals surface area (Å²) in [4.78, 5) is 26.3. The van der Waals surface area contributed by atoms with Gasteiger partial charge < -0.3 is 15.5 Å². The molecule has 0 spiro atoms. The van der Waals surface area contributed by atoms with Crippen molar-refractivity contribution < 1.29 is 9.59 Å². The summed E-state index contributed by atoms with van der Waals surface area (Å²) in [7, 11) is 0. The Labute approximate surface area is 138 Å². The number of nitrogens with one attached hydrogen (secondary N) is 2. The second-order valence-corrected chi connectivity index (χ2v) is 7.28. The number of benzene rings is 1. The Balaban J connectivity index is 1.84. The zero-order valence-electron chi connectivity index (χ0n) is 14.5. The van der Waals surface area contributed by atoms with E-state index in [9.17, 15) is 9.59 Å². The molecule has 0 atom stereocenters. The van der Waals surface area contributed by atoms with Crippen LogP contribution in [0.25, 0.3) is 0 Å². The first-order valence-corrected chi connectivity index (χ1v) is 8.19. The number of hydrogen-bond acceptors (Lipinski definition) is 2. The largest absolute Gasteiger partial charge is 0.338 e. The predicted molar refractivity (Wildman–Crippen MR) is 91.5 cm³/mol. The van der Waals surface area contributed by atoms with Crippen LogP contribution in [0.4, 0.5) is 4.79 Å². The molecule has 1 aromatic carbocycles. The zero-order valence-corrected chi connectivity index (χ0v) is 14.5. The number of hydrogen-bond donors (Lipinski definition) is 2. The molecule has 1 fully saturated rings. The topological polar surface area (TPSA) is 61.4 Å². The van der Waals surface area contributed by atoms with Gasteiger partial charge in [-0.2, -0.15) is 0 Å². The summed E-state index contributed by atoms with van der Waals surface area (Å²) in [5.74, 6) is 0.0753. The van der Waals surface area contributed by atoms with Crippen LogP contribution in [-0.4, -0.2) is 41.5 Å². The molecule has 126 valence electrons. The minimum Gasteiger partial charge on any atom is -0.338 e. The lowest BCUT2D eigenvalue weighted by molar-refractivity contribution is 0.0708. The van der Waals surface area contributed by atoms with Crippen molar-refractivity contribution in [2.75, 3.05) is 13.1 Å². The maximum atomic E-state index is 12.5. The number of likely N-dealkylation sites (tertiary alicyclic amines) is 1. The van der Waals surface area contributed by atoms with Crippen LogP contribution in [0.2, 0.25) is 0 Å². The molecule has 3 amide bonds. The normalized spacial score (nSPS) is 16.1. The minimum atomic E-state index is -0.244. The summed E-state index contributed by atoms with van der Waals surface area (Å²) < 4.78 is 0. The van der Waals surface area contributed by atoms with Crippen molar-refractivity contribution in [2.24, 2.45) is 0 Å². The molecule has 23 heavy (non-hydrogen) atoms. The maximum absolute atomic E-state index is 12.5. The van der Waals surface area contributed by atoms with Crippen LogP contribution >= 0.6 is 0 Å². The number of amides is 3. The van der Waals surface area contributed by atoms with Crippen molar-refractivity contribution in [1.82, 2.24) is 15.5 Å². The lowest BCUT2D eigenvalue weighted by Gasteiger charge is -2.33. The number of urea groups is 1. The van der Waals surface area contributed by atoms with Gasteiger partial charge in [0.2, 0.25) is 0 Å². The SMILES string of the molecule is Cc1cccc(C(=O)N2CCC(NC(=O)NC(C)(C)C)CC2)c1. The summed E-state index contributed by atoms with van der Waals surface area (Å²) in [5, 5.41) is 5.90. The Bertz CT molecular complexity index is 570. The highest BCUT2D eigenvalue weighted by Crippen LogP contribution is 2.15. The van der Waals surface area contributed by atoms with Gasteiger partial charge in [0.05, 0.1) is 0 Å². The van der Waals surface area contributed by atoms with E-state index in [1.54, 1.807) is 0 Å². The average molecular weight is 317 g/mol. The second-order valence-electron chi connectivity index (χ2n) is 7.28. The van der Waals surface area contributed by atoms with Gasteiger partial charge in [-0.1, -0.05) is 17.7 Å². The lowest BCUT2D eigenvalue weighted by Crippen LogP contribution is -2.52. The minimum absolute atomic E-state index is 0.0753. The van der Waals surface area contributed by atoms with Crippen LogP contribution in [0.3, 0.4) is 0 Å². The third-order valence-corrected chi connectivity index (χ3v) is 3.87. The number of nitrogens with zero attached hydrogens (tertiary/aromatic N) is 1. The van der Waals surface area contributed by atoms with E-state index in [2.05, 4.69) is 10.6 Å². The molecule has 1 heterocycles. The predicted octanol–water partition coefficient (Wildman–Crippen LogP) is 2.70. The number of piperidine rings is 1. The Morgan fingerprint density at radius 3 is 2.39 bits per heavy atom. The summed E-state index contributed by atoms with van der Waals surface area (Å²) in [5.41, 5.74) is 1.58. The fraction of sp³-hybridized carbons (Fsp3) is 0.556. The molecular weight excluding hydrogens is 290 g/mol. The summed E-state index contributed by atoms with van der Waals surface area (Å²) in [6.07, 6.45) is 1.57. The molecule has 2 N–H and O–H groups in total. The Kier molecular flexibility index (Phi) is 5.29. The van der Waals surface area contributed by atoms with Crippen molar-refractivity contribution in [3.63, 3.8) is 0 Å². The quantitative estimate of drug-likeness (QED) is 0.881. The first-order chi connectivity index (χ1) is 10.7. The molecule has 2 rings (SSSR count). The van der Waals surface area contributed by atoms with Gasteiger partial charge in [0, 0.05) is 30.2 Å². The van der Waals surface area contributed by atoms with Crippen LogP contribution in [0.1, 0.15) is 49.5 Å². The van der Waals surface area contributed by atoms with E-state index < -0.39 is 0 Å². The van der Waals surface area contributed by atoms with Gasteiger partial charge in [-0.3, -0.25) is 4.79 Å². The second kappa shape index (κ2) is 7.02. The van der Waals surface area contributed by atoms with Gasteiger partial charge in [0.25, 0.3) is 5.91 Å². The molecule has 5 heteroatoms. The van der Waals surface area contributed by atoms with E-state index in [4.69, 9.17) is 0 Å². The average Bonchev–Trinajstić information content (AvgIpc) is 2.45. The Morgan fingerprint density at radius 1 is 1.17 bits per heavy atom. The molecule has 1 aromatic rings. The van der Waals surface area contributed by atoms with Crippen LogP contribution in [-0.2, 0) is 0 Å². The molecule has 0 saturated carbocycles. The first-order valence-electron chi connectivity index (χ1n) is 8.19. The molecule has 1 aliphatic rings. The standard InChI is InChI=1S/C18H27N3O2/c1-13-6-5-7-14(12-13)16(22)21-10-8-15(9-11-21)19-17(23)20-18(2,3)4/h5-7,12,15H,8-11H2,1-4H3,(H2,19,20,23). The van der Waals surface area contributed by atoms with E-state index in [0.29, 0.717) is 13.1 Å². The first kappa shape index (κ1) is 17.3. The van der Waals surface area contributed by atoms with Crippen LogP contribution < -0.4 is 10.6 Å². The fourth-order valence-corrected chi connectivity index (χ4v) is 2.75. The van der Waals surface area contributed by atoms with Crippen molar-refractivity contribution in [3.05, 3.63) is 35.4 Å². The molecular formula is C18H27N3O2. The van der Waals surface area contributed by atoms with E-state index in [0.717, 1.165) is 24.0 Å². The number of carbonyl (C=O) groups is 2. The van der Waals surface area contributed by atoms with Crippen molar-refractivity contribution >= 4 is 11.9 Å². The number of rotatable bonds is 2. The van der Waals surface area contributed by atoms with E-state index >= 15 is 0 Å². The highest BCUT2D eigenvalue weighted by atomic mass is 16.2. The highest BCUT2D eigenvalue weighted by molar-refractivity contribution is 5.94. The van der Waals surface area contributed by atoms with Gasteiger partial charge in [-0.25, -0.2) is 4.79 Å². The van der Waals surface area contributed by atoms with Crippen LogP contribution in [0.5, 0.6) is 0 Å².